The number of hydrogen-bond acceptors (Lipinski definition) is 5. The van der Waals surface area contributed by atoms with E-state index in [1.165, 1.54) is 6.07 Å². The Hall–Kier alpha value is -3.32. The van der Waals surface area contributed by atoms with Gasteiger partial charge in [-0.3, -0.25) is 0 Å². The first-order valence-corrected chi connectivity index (χ1v) is 8.05. The van der Waals surface area contributed by atoms with Crippen LogP contribution in [0.3, 0.4) is 0 Å². The van der Waals surface area contributed by atoms with Gasteiger partial charge in [-0.25, -0.2) is 8.78 Å². The molecule has 0 saturated carbocycles. The quantitative estimate of drug-likeness (QED) is 0.781. The first-order valence-electron chi connectivity index (χ1n) is 8.05. The Balaban J connectivity index is 2.65. The van der Waals surface area contributed by atoms with E-state index in [0.29, 0.717) is 24.5 Å². The monoisotopic (exact) mass is 357 g/mol. The normalized spacial score (nSPS) is 9.92. The van der Waals surface area contributed by atoms with Crippen molar-refractivity contribution in [3.63, 3.8) is 0 Å². The molecule has 0 spiro atoms. The lowest BCUT2D eigenvalue weighted by molar-refractivity contribution is 0.301. The summed E-state index contributed by atoms with van der Waals surface area (Å²) in [6, 6.07) is 9.79. The molecule has 134 valence electrons. The highest BCUT2D eigenvalue weighted by Crippen LogP contribution is 2.39. The molecule has 0 aromatic heterocycles. The summed E-state index contributed by atoms with van der Waals surface area (Å²) in [5.41, 5.74) is -1.33. The fraction of sp³-hybridized carbons (Fsp3) is 0.263. The molecule has 0 saturated heterocycles. The molecule has 26 heavy (non-hydrogen) atoms. The SMILES string of the molecule is CCCOc1c(F)c(C#N)c(C#N)c(F)c1Nc1ccccc1OCC. The molecule has 0 bridgehead atoms. The predicted molar refractivity (Wildman–Crippen MR) is 92.5 cm³/mol. The van der Waals surface area contributed by atoms with E-state index in [9.17, 15) is 8.78 Å². The molecule has 0 aliphatic heterocycles. The van der Waals surface area contributed by atoms with Crippen molar-refractivity contribution in [3.05, 3.63) is 47.0 Å². The van der Waals surface area contributed by atoms with Crippen LogP contribution in [0.1, 0.15) is 31.4 Å². The Morgan fingerprint density at radius 2 is 1.65 bits per heavy atom. The molecular formula is C19H17F2N3O2. The molecular weight excluding hydrogens is 340 g/mol. The van der Waals surface area contributed by atoms with Crippen molar-refractivity contribution in [2.45, 2.75) is 20.3 Å². The van der Waals surface area contributed by atoms with Crippen LogP contribution in [0.5, 0.6) is 11.5 Å². The van der Waals surface area contributed by atoms with Gasteiger partial charge >= 0.3 is 0 Å². The van der Waals surface area contributed by atoms with Crippen molar-refractivity contribution in [1.29, 1.82) is 10.5 Å². The standard InChI is InChI=1S/C19H17F2N3O2/c1-3-9-26-19-17(21)13(11-23)12(10-22)16(20)18(19)24-14-7-5-6-8-15(14)25-4-2/h5-8,24H,3-4,9H2,1-2H3. The van der Waals surface area contributed by atoms with E-state index in [2.05, 4.69) is 5.32 Å². The van der Waals surface area contributed by atoms with Crippen molar-refractivity contribution in [2.24, 2.45) is 0 Å². The molecule has 0 heterocycles. The van der Waals surface area contributed by atoms with E-state index in [-0.39, 0.29) is 12.3 Å². The number of hydrogen-bond donors (Lipinski definition) is 1. The molecule has 2 rings (SSSR count). The first kappa shape index (κ1) is 19.0. The second-order valence-corrected chi connectivity index (χ2v) is 5.21. The molecule has 0 amide bonds. The smallest absolute Gasteiger partial charge is 0.186 e. The first-order chi connectivity index (χ1) is 12.6. The molecule has 0 aliphatic rings. The minimum Gasteiger partial charge on any atom is -0.492 e. The summed E-state index contributed by atoms with van der Waals surface area (Å²) in [5.74, 6) is -2.14. The number of anilines is 2. The van der Waals surface area contributed by atoms with Crippen LogP contribution < -0.4 is 14.8 Å². The third-order valence-electron chi connectivity index (χ3n) is 3.46. The van der Waals surface area contributed by atoms with Crippen LogP contribution in [-0.4, -0.2) is 13.2 Å². The maximum atomic E-state index is 14.9. The molecule has 0 aliphatic carbocycles. The lowest BCUT2D eigenvalue weighted by Gasteiger charge is -2.18. The van der Waals surface area contributed by atoms with Crippen molar-refractivity contribution < 1.29 is 18.3 Å². The van der Waals surface area contributed by atoms with Crippen LogP contribution >= 0.6 is 0 Å². The number of nitriles is 2. The van der Waals surface area contributed by atoms with Crippen LogP contribution in [0.2, 0.25) is 0 Å². The highest BCUT2D eigenvalue weighted by atomic mass is 19.1. The second-order valence-electron chi connectivity index (χ2n) is 5.21. The zero-order chi connectivity index (χ0) is 19.1. The number of nitrogens with one attached hydrogen (secondary N) is 1. The minimum atomic E-state index is -1.07. The molecule has 5 nitrogen and oxygen atoms in total. The molecule has 0 atom stereocenters. The van der Waals surface area contributed by atoms with E-state index in [1.807, 2.05) is 0 Å². The summed E-state index contributed by atoms with van der Waals surface area (Å²) >= 11 is 0. The van der Waals surface area contributed by atoms with Gasteiger partial charge in [-0.2, -0.15) is 10.5 Å². The van der Waals surface area contributed by atoms with Crippen molar-refractivity contribution in [1.82, 2.24) is 0 Å². The second kappa shape index (κ2) is 8.68. The number of para-hydroxylation sites is 2. The average Bonchev–Trinajstić information content (AvgIpc) is 2.65. The number of nitrogens with zero attached hydrogens (tertiary/aromatic N) is 2. The zero-order valence-corrected chi connectivity index (χ0v) is 14.4. The van der Waals surface area contributed by atoms with Crippen molar-refractivity contribution in [2.75, 3.05) is 18.5 Å². The summed E-state index contributed by atoms with van der Waals surface area (Å²) in [5, 5.41) is 21.0. The van der Waals surface area contributed by atoms with E-state index in [1.54, 1.807) is 44.2 Å². The fourth-order valence-corrected chi connectivity index (χ4v) is 2.31. The molecule has 0 radical (unpaired) electrons. The van der Waals surface area contributed by atoms with Crippen LogP contribution in [0.25, 0.3) is 0 Å². The fourth-order valence-electron chi connectivity index (χ4n) is 2.31. The number of ether oxygens (including phenoxy) is 2. The number of rotatable bonds is 7. The third kappa shape index (κ3) is 3.68. The minimum absolute atomic E-state index is 0.120. The van der Waals surface area contributed by atoms with Gasteiger partial charge in [0.05, 0.1) is 18.9 Å². The summed E-state index contributed by atoms with van der Waals surface area (Å²) in [6.45, 7) is 4.10. The molecule has 7 heteroatoms. The van der Waals surface area contributed by atoms with Gasteiger partial charge in [0, 0.05) is 0 Å². The third-order valence-corrected chi connectivity index (χ3v) is 3.46. The van der Waals surface area contributed by atoms with Gasteiger partial charge in [0.15, 0.2) is 17.4 Å². The largest absolute Gasteiger partial charge is 0.492 e. The van der Waals surface area contributed by atoms with Gasteiger partial charge in [0.2, 0.25) is 0 Å². The highest BCUT2D eigenvalue weighted by molar-refractivity contribution is 5.75. The topological polar surface area (TPSA) is 78.1 Å². The maximum Gasteiger partial charge on any atom is 0.186 e. The van der Waals surface area contributed by atoms with Crippen LogP contribution in [0.15, 0.2) is 24.3 Å². The van der Waals surface area contributed by atoms with Gasteiger partial charge in [-0.1, -0.05) is 19.1 Å². The van der Waals surface area contributed by atoms with E-state index >= 15 is 0 Å². The number of benzene rings is 2. The van der Waals surface area contributed by atoms with E-state index < -0.39 is 28.5 Å². The lowest BCUT2D eigenvalue weighted by Crippen LogP contribution is -2.09. The van der Waals surface area contributed by atoms with Gasteiger partial charge in [-0.05, 0) is 25.5 Å². The Labute approximate surface area is 150 Å². The van der Waals surface area contributed by atoms with Gasteiger partial charge in [0.25, 0.3) is 0 Å². The Bertz CT molecular complexity index is 886. The predicted octanol–water partition coefficient (Wildman–Crippen LogP) is 4.64. The summed E-state index contributed by atoms with van der Waals surface area (Å²) in [7, 11) is 0. The Morgan fingerprint density at radius 1 is 1.00 bits per heavy atom. The van der Waals surface area contributed by atoms with Crippen molar-refractivity contribution >= 4 is 11.4 Å². The van der Waals surface area contributed by atoms with E-state index in [4.69, 9.17) is 20.0 Å². The number of halogens is 2. The molecule has 0 fully saturated rings. The zero-order valence-electron chi connectivity index (χ0n) is 14.4. The summed E-state index contributed by atoms with van der Waals surface area (Å²) in [4.78, 5) is 0. The molecule has 0 unspecified atom stereocenters. The maximum absolute atomic E-state index is 14.9. The Morgan fingerprint density at radius 3 is 2.27 bits per heavy atom. The van der Waals surface area contributed by atoms with Crippen LogP contribution in [0, 0.1) is 34.3 Å². The van der Waals surface area contributed by atoms with Gasteiger partial charge in [-0.15, -0.1) is 0 Å². The van der Waals surface area contributed by atoms with Crippen molar-refractivity contribution in [3.8, 4) is 23.6 Å². The van der Waals surface area contributed by atoms with Gasteiger partial charge < -0.3 is 14.8 Å². The molecule has 2 aromatic rings. The Kier molecular flexibility index (Phi) is 6.35. The lowest BCUT2D eigenvalue weighted by atomic mass is 10.1. The highest BCUT2D eigenvalue weighted by Gasteiger charge is 2.26. The summed E-state index contributed by atoms with van der Waals surface area (Å²) in [6.07, 6.45) is 0.553. The van der Waals surface area contributed by atoms with Crippen LogP contribution in [-0.2, 0) is 0 Å². The molecule has 1 N–H and O–H groups in total. The van der Waals surface area contributed by atoms with Crippen LogP contribution in [0.4, 0.5) is 20.2 Å². The van der Waals surface area contributed by atoms with E-state index in [0.717, 1.165) is 0 Å². The average molecular weight is 357 g/mol. The summed E-state index contributed by atoms with van der Waals surface area (Å²) < 4.78 is 40.4. The molecule has 2 aromatic carbocycles. The van der Waals surface area contributed by atoms with Gasteiger partial charge in [0.1, 0.15) is 34.7 Å².